The zero-order valence-electron chi connectivity index (χ0n) is 45.1. The summed E-state index contributed by atoms with van der Waals surface area (Å²) in [6.07, 6.45) is 4.86. The molecule has 0 aliphatic carbocycles. The van der Waals surface area contributed by atoms with E-state index < -0.39 is 55.7 Å². The van der Waals surface area contributed by atoms with E-state index in [1.807, 2.05) is 0 Å². The van der Waals surface area contributed by atoms with Gasteiger partial charge in [-0.05, 0) is 155 Å². The van der Waals surface area contributed by atoms with E-state index in [-0.39, 0.29) is 33.2 Å². The van der Waals surface area contributed by atoms with Gasteiger partial charge in [-0.2, -0.15) is 0 Å². The molecule has 0 saturated heterocycles. The Balaban J connectivity index is 4.98. The van der Waals surface area contributed by atoms with Crippen molar-refractivity contribution in [3.63, 3.8) is 0 Å². The third-order valence-electron chi connectivity index (χ3n) is 11.1. The van der Waals surface area contributed by atoms with Gasteiger partial charge in [0.1, 0.15) is 0 Å². The minimum atomic E-state index is -1.64. The summed E-state index contributed by atoms with van der Waals surface area (Å²) in [5, 5.41) is 0. The number of rotatable bonds is 42. The zero-order chi connectivity index (χ0) is 49.6. The summed E-state index contributed by atoms with van der Waals surface area (Å²) in [7, 11) is -9.84. The van der Waals surface area contributed by atoms with E-state index in [0.29, 0.717) is 79.3 Å². The van der Waals surface area contributed by atoms with Crippen LogP contribution in [0.25, 0.3) is 0 Å². The maximum Gasteiger partial charge on any atom is 0.388 e. The molecule has 0 aliphatic rings. The lowest BCUT2D eigenvalue weighted by molar-refractivity contribution is 0.202. The molecule has 0 saturated carbocycles. The number of benzene rings is 1. The third-order valence-corrected chi connectivity index (χ3v) is 24.0. The standard InChI is InChI=1S/C48H96O12Si6/c1-19-49-61(50-20-2)37(13)31-43-44(32-38(14)62(51-21-3)52-22-4)46(34-40(16)64(55-25-7)56-26-8)48(36-42(18)66(59-29-11)60-30-12)47(35-41(17)65(57-27-9)58-28-10)45(43)33-39(15)63(53-23-5)54-24-6/h37-42H,19-36H2,1-18H3. The molecular weight excluding hydrogens is 937 g/mol. The summed E-state index contributed by atoms with van der Waals surface area (Å²) < 4.78 is 78.0. The fourth-order valence-corrected chi connectivity index (χ4v) is 18.1. The highest BCUT2D eigenvalue weighted by atomic mass is 28.3. The third kappa shape index (κ3) is 21.8. The molecule has 1 aromatic carbocycles. The maximum atomic E-state index is 6.50. The Hall–Kier alpha value is 0.0413. The first-order chi connectivity index (χ1) is 31.7. The largest absolute Gasteiger partial charge is 0.393 e. The molecule has 384 valence electrons. The van der Waals surface area contributed by atoms with E-state index in [2.05, 4.69) is 125 Å². The first-order valence-corrected chi connectivity index (χ1v) is 34.0. The maximum absolute atomic E-state index is 6.50. The van der Waals surface area contributed by atoms with Crippen LogP contribution in [-0.2, 0) is 91.6 Å². The Kier molecular flexibility index (Phi) is 36.7. The van der Waals surface area contributed by atoms with Gasteiger partial charge in [0.2, 0.25) is 0 Å². The molecule has 6 radical (unpaired) electrons. The summed E-state index contributed by atoms with van der Waals surface area (Å²) in [5.41, 5.74) is 9.28. The summed E-state index contributed by atoms with van der Waals surface area (Å²) in [6, 6.07) is 0. The molecule has 6 atom stereocenters. The summed E-state index contributed by atoms with van der Waals surface area (Å²) in [5.74, 6) is 0. The number of hydrogen-bond donors (Lipinski definition) is 0. The van der Waals surface area contributed by atoms with Gasteiger partial charge in [-0.25, -0.2) is 0 Å². The van der Waals surface area contributed by atoms with Crippen LogP contribution in [0.3, 0.4) is 0 Å². The van der Waals surface area contributed by atoms with Crippen molar-refractivity contribution in [1.29, 1.82) is 0 Å². The van der Waals surface area contributed by atoms with Gasteiger partial charge in [-0.3, -0.25) is 0 Å². The monoisotopic (exact) mass is 1030 g/mol. The van der Waals surface area contributed by atoms with Gasteiger partial charge in [0.25, 0.3) is 0 Å². The molecule has 0 fully saturated rings. The Labute approximate surface area is 415 Å². The molecule has 0 bridgehead atoms. The molecule has 0 aliphatic heterocycles. The highest BCUT2D eigenvalue weighted by Gasteiger charge is 2.38. The van der Waals surface area contributed by atoms with Crippen molar-refractivity contribution in [2.75, 3.05) is 79.3 Å². The smallest absolute Gasteiger partial charge is 0.388 e. The van der Waals surface area contributed by atoms with Gasteiger partial charge in [-0.15, -0.1) is 0 Å². The molecule has 1 aromatic rings. The van der Waals surface area contributed by atoms with Gasteiger partial charge in [0.15, 0.2) is 0 Å². The minimum Gasteiger partial charge on any atom is -0.393 e. The molecule has 6 unspecified atom stereocenters. The topological polar surface area (TPSA) is 111 Å². The van der Waals surface area contributed by atoms with Crippen molar-refractivity contribution in [2.24, 2.45) is 0 Å². The van der Waals surface area contributed by atoms with Gasteiger partial charge in [-0.1, -0.05) is 41.5 Å². The molecule has 0 spiro atoms. The van der Waals surface area contributed by atoms with Crippen LogP contribution < -0.4 is 0 Å². The quantitative estimate of drug-likeness (QED) is 0.0582. The van der Waals surface area contributed by atoms with Crippen molar-refractivity contribution < 1.29 is 53.1 Å². The van der Waals surface area contributed by atoms with Crippen LogP contribution in [0.2, 0.25) is 33.2 Å². The Morgan fingerprint density at radius 2 is 0.303 bits per heavy atom. The highest BCUT2D eigenvalue weighted by molar-refractivity contribution is 6.48. The second-order valence-corrected chi connectivity index (χ2v) is 29.8. The lowest BCUT2D eigenvalue weighted by Gasteiger charge is -2.35. The second kappa shape index (κ2) is 37.8. The van der Waals surface area contributed by atoms with E-state index in [1.54, 1.807) is 0 Å². The van der Waals surface area contributed by atoms with Crippen molar-refractivity contribution in [3.8, 4) is 0 Å². The highest BCUT2D eigenvalue weighted by Crippen LogP contribution is 2.43. The SMILES string of the molecule is CCO[Si](OCC)C(C)Cc1c(CC(C)[Si](OCC)OCC)c(CC(C)[Si](OCC)OCC)c(CC(C)[Si](OCC)OCC)c(CC(C)[Si](OCC)OCC)c1CC(C)[Si](OCC)OCC. The molecule has 0 aromatic heterocycles. The minimum absolute atomic E-state index is 0.147. The van der Waals surface area contributed by atoms with Gasteiger partial charge < -0.3 is 53.1 Å². The van der Waals surface area contributed by atoms with E-state index in [1.165, 1.54) is 33.4 Å². The zero-order valence-corrected chi connectivity index (χ0v) is 51.1. The average molecular weight is 1030 g/mol. The predicted octanol–water partition coefficient (Wildman–Crippen LogP) is 10.6. The van der Waals surface area contributed by atoms with Crippen molar-refractivity contribution in [1.82, 2.24) is 0 Å². The van der Waals surface area contributed by atoms with E-state index in [9.17, 15) is 0 Å². The molecule has 66 heavy (non-hydrogen) atoms. The summed E-state index contributed by atoms with van der Waals surface area (Å²) in [6.45, 7) is 46.3. The van der Waals surface area contributed by atoms with Gasteiger partial charge in [0.05, 0.1) is 0 Å². The van der Waals surface area contributed by atoms with E-state index in [4.69, 9.17) is 53.1 Å². The van der Waals surface area contributed by atoms with Crippen LogP contribution in [0.4, 0.5) is 0 Å². The first-order valence-electron chi connectivity index (χ1n) is 25.7. The molecule has 12 nitrogen and oxygen atoms in total. The molecule has 0 heterocycles. The number of hydrogen-bond acceptors (Lipinski definition) is 12. The van der Waals surface area contributed by atoms with Gasteiger partial charge >= 0.3 is 55.7 Å². The molecule has 18 heteroatoms. The van der Waals surface area contributed by atoms with Crippen molar-refractivity contribution in [3.05, 3.63) is 33.4 Å². The fourth-order valence-electron chi connectivity index (χ4n) is 8.57. The van der Waals surface area contributed by atoms with Crippen LogP contribution >= 0.6 is 0 Å². The van der Waals surface area contributed by atoms with Crippen LogP contribution in [0.1, 0.15) is 158 Å². The molecule has 0 N–H and O–H groups in total. The van der Waals surface area contributed by atoms with E-state index in [0.717, 1.165) is 38.5 Å². The summed E-state index contributed by atoms with van der Waals surface area (Å²) in [4.78, 5) is 0. The molecular formula is C48H96O12Si6. The van der Waals surface area contributed by atoms with Crippen molar-refractivity contribution in [2.45, 2.75) is 196 Å². The normalized spacial score (nSPS) is 15.3. The van der Waals surface area contributed by atoms with Crippen LogP contribution in [0, 0.1) is 0 Å². The Morgan fingerprint density at radius 3 is 0.379 bits per heavy atom. The van der Waals surface area contributed by atoms with E-state index >= 15 is 0 Å². The Morgan fingerprint density at radius 1 is 0.212 bits per heavy atom. The second-order valence-electron chi connectivity index (χ2n) is 16.6. The van der Waals surface area contributed by atoms with Crippen LogP contribution in [0.15, 0.2) is 0 Å². The molecule has 0 amide bonds. The lowest BCUT2D eigenvalue weighted by Crippen LogP contribution is -2.34. The lowest BCUT2D eigenvalue weighted by atomic mass is 9.78. The van der Waals surface area contributed by atoms with Crippen LogP contribution in [0.5, 0.6) is 0 Å². The molecule has 1 rings (SSSR count). The fraction of sp³-hybridized carbons (Fsp3) is 0.875. The average Bonchev–Trinajstić information content (AvgIpc) is 3.28. The predicted molar refractivity (Wildman–Crippen MR) is 279 cm³/mol. The van der Waals surface area contributed by atoms with Crippen molar-refractivity contribution >= 4 is 55.7 Å². The Bertz CT molecular complexity index is 1060. The van der Waals surface area contributed by atoms with Crippen LogP contribution in [-0.4, -0.2) is 135 Å². The first kappa shape index (κ1) is 64.1. The summed E-state index contributed by atoms with van der Waals surface area (Å²) >= 11 is 0. The van der Waals surface area contributed by atoms with Gasteiger partial charge in [0, 0.05) is 113 Å².